The number of nitrogens with one attached hydrogen (secondary N) is 4. The normalized spacial score (nSPS) is 19.5. The first kappa shape index (κ1) is 28.4. The van der Waals surface area contributed by atoms with Crippen LogP contribution in [-0.2, 0) is 25.7 Å². The zero-order chi connectivity index (χ0) is 27.3. The molecule has 2 fully saturated rings. The van der Waals surface area contributed by atoms with Gasteiger partial charge in [0.1, 0.15) is 12.1 Å². The number of allylic oxidation sites excluding steroid dienone is 1. The molecule has 3 atom stereocenters. The number of likely N-dealkylation sites (N-methyl/N-ethyl adjacent to an activating group) is 1. The molecule has 9 nitrogen and oxygen atoms in total. The van der Waals surface area contributed by atoms with Crippen LogP contribution in [0, 0.1) is 11.3 Å². The van der Waals surface area contributed by atoms with Gasteiger partial charge in [0.05, 0.1) is 6.04 Å². The van der Waals surface area contributed by atoms with Crippen molar-refractivity contribution in [2.24, 2.45) is 11.3 Å². The van der Waals surface area contributed by atoms with Crippen molar-refractivity contribution in [1.29, 1.82) is 0 Å². The van der Waals surface area contributed by atoms with Crippen molar-refractivity contribution in [3.05, 3.63) is 42.0 Å². The molecule has 202 valence electrons. The van der Waals surface area contributed by atoms with Crippen molar-refractivity contribution in [1.82, 2.24) is 20.9 Å². The van der Waals surface area contributed by atoms with Gasteiger partial charge in [-0.25, -0.2) is 0 Å². The number of rotatable bonds is 9. The van der Waals surface area contributed by atoms with E-state index in [0.717, 1.165) is 30.4 Å². The molecule has 0 unspecified atom stereocenters. The second-order valence-electron chi connectivity index (χ2n) is 11.3. The maximum absolute atomic E-state index is 13.5. The molecule has 9 heteroatoms. The molecule has 2 aliphatic rings. The minimum Gasteiger partial charge on any atom is -0.350 e. The van der Waals surface area contributed by atoms with E-state index in [1.807, 2.05) is 45.0 Å². The van der Waals surface area contributed by atoms with Crippen LogP contribution in [0.2, 0.25) is 0 Å². The first-order valence-electron chi connectivity index (χ1n) is 13.0. The summed E-state index contributed by atoms with van der Waals surface area (Å²) in [4.78, 5) is 53.2. The van der Waals surface area contributed by atoms with Gasteiger partial charge in [0.15, 0.2) is 0 Å². The Morgan fingerprint density at radius 3 is 2.46 bits per heavy atom. The molecular weight excluding hydrogens is 470 g/mol. The van der Waals surface area contributed by atoms with Gasteiger partial charge in [-0.15, -0.1) is 0 Å². The van der Waals surface area contributed by atoms with Crippen LogP contribution in [0.4, 0.5) is 5.69 Å². The van der Waals surface area contributed by atoms with Crippen molar-refractivity contribution >= 4 is 29.3 Å². The second-order valence-corrected chi connectivity index (χ2v) is 11.3. The standard InChI is InChI=1S/C28H41N5O4/c1-17-13-20(14-17)25(35)31-21-10-7-9-19(15-21)16-30-26(36)22-11-8-12-33(22)27(37)23(28(3,4)5)32-24(34)18(2)29-6/h7,9-10,15,18,20,22-23,29H,1,8,11-14,16H2,2-6H3,(H,30,36)(H,31,35)(H,32,34)/t18-,22-,23+/m0/s1. The summed E-state index contributed by atoms with van der Waals surface area (Å²) in [5.41, 5.74) is 2.11. The Kier molecular flexibility index (Phi) is 9.12. The van der Waals surface area contributed by atoms with Crippen molar-refractivity contribution in [3.8, 4) is 0 Å². The first-order chi connectivity index (χ1) is 17.4. The summed E-state index contributed by atoms with van der Waals surface area (Å²) < 4.78 is 0. The number of benzene rings is 1. The van der Waals surface area contributed by atoms with Gasteiger partial charge in [0, 0.05) is 24.7 Å². The van der Waals surface area contributed by atoms with Gasteiger partial charge in [-0.2, -0.15) is 0 Å². The third-order valence-corrected chi connectivity index (χ3v) is 7.17. The molecule has 1 saturated heterocycles. The zero-order valence-electron chi connectivity index (χ0n) is 22.6. The summed E-state index contributed by atoms with van der Waals surface area (Å²) in [6, 6.07) is 5.60. The Labute approximate surface area is 219 Å². The van der Waals surface area contributed by atoms with E-state index in [1.54, 1.807) is 18.9 Å². The molecule has 1 aromatic rings. The lowest BCUT2D eigenvalue weighted by Crippen LogP contribution is -2.59. The summed E-state index contributed by atoms with van der Waals surface area (Å²) in [6.07, 6.45) is 2.74. The summed E-state index contributed by atoms with van der Waals surface area (Å²) in [6.45, 7) is 12.1. The summed E-state index contributed by atoms with van der Waals surface area (Å²) >= 11 is 0. The molecule has 4 amide bonds. The van der Waals surface area contributed by atoms with Gasteiger partial charge >= 0.3 is 0 Å². The molecule has 1 aliphatic heterocycles. The van der Waals surface area contributed by atoms with E-state index < -0.39 is 23.5 Å². The van der Waals surface area contributed by atoms with Crippen LogP contribution in [0.1, 0.15) is 58.9 Å². The highest BCUT2D eigenvalue weighted by Crippen LogP contribution is 2.32. The number of carbonyl (C=O) groups excluding carboxylic acids is 4. The van der Waals surface area contributed by atoms with E-state index in [9.17, 15) is 19.2 Å². The number of carbonyl (C=O) groups is 4. The summed E-state index contributed by atoms with van der Waals surface area (Å²) in [5.74, 6) is -0.769. The molecule has 1 heterocycles. The van der Waals surface area contributed by atoms with E-state index >= 15 is 0 Å². The fourth-order valence-electron chi connectivity index (χ4n) is 4.65. The lowest BCUT2D eigenvalue weighted by molar-refractivity contribution is -0.144. The largest absolute Gasteiger partial charge is 0.350 e. The predicted molar refractivity (Wildman–Crippen MR) is 143 cm³/mol. The third kappa shape index (κ3) is 7.19. The monoisotopic (exact) mass is 511 g/mol. The van der Waals surface area contributed by atoms with Gasteiger partial charge in [-0.3, -0.25) is 19.2 Å². The fraction of sp³-hybridized carbons (Fsp3) is 0.571. The highest BCUT2D eigenvalue weighted by atomic mass is 16.2. The number of hydrogen-bond donors (Lipinski definition) is 4. The van der Waals surface area contributed by atoms with Crippen LogP contribution in [-0.4, -0.2) is 60.2 Å². The molecule has 37 heavy (non-hydrogen) atoms. The number of amides is 4. The second kappa shape index (κ2) is 11.9. The molecule has 1 aromatic carbocycles. The molecule has 0 spiro atoms. The molecule has 0 radical (unpaired) electrons. The lowest BCUT2D eigenvalue weighted by Gasteiger charge is -2.36. The smallest absolute Gasteiger partial charge is 0.246 e. The summed E-state index contributed by atoms with van der Waals surface area (Å²) in [5, 5.41) is 11.7. The Morgan fingerprint density at radius 1 is 1.14 bits per heavy atom. The summed E-state index contributed by atoms with van der Waals surface area (Å²) in [7, 11) is 1.69. The SMILES string of the molecule is C=C1CC(C(=O)Nc2cccc(CNC(=O)[C@@H]3CCCN3C(=O)[C@@H](NC(=O)[C@H](C)NC)C(C)(C)C)c2)C1. The van der Waals surface area contributed by atoms with Gasteiger partial charge in [-0.05, 0) is 62.8 Å². The van der Waals surface area contributed by atoms with Crippen molar-refractivity contribution < 1.29 is 19.2 Å². The molecule has 3 rings (SSSR count). The quantitative estimate of drug-likeness (QED) is 0.380. The molecule has 1 saturated carbocycles. The Morgan fingerprint density at radius 2 is 1.84 bits per heavy atom. The Hall–Kier alpha value is -3.20. The molecule has 0 bridgehead atoms. The molecule has 0 aromatic heterocycles. The minimum absolute atomic E-state index is 0.0155. The van der Waals surface area contributed by atoms with E-state index in [4.69, 9.17) is 0 Å². The van der Waals surface area contributed by atoms with Crippen LogP contribution in [0.3, 0.4) is 0 Å². The average Bonchev–Trinajstić information content (AvgIpc) is 3.32. The molecular formula is C28H41N5O4. The Bertz CT molecular complexity index is 1040. The van der Waals surface area contributed by atoms with Gasteiger partial charge in [0.25, 0.3) is 0 Å². The van der Waals surface area contributed by atoms with Gasteiger partial charge < -0.3 is 26.2 Å². The maximum atomic E-state index is 13.5. The Balaban J connectivity index is 1.61. The predicted octanol–water partition coefficient (Wildman–Crippen LogP) is 2.34. The topological polar surface area (TPSA) is 120 Å². The van der Waals surface area contributed by atoms with Crippen LogP contribution in [0.15, 0.2) is 36.4 Å². The van der Waals surface area contributed by atoms with Gasteiger partial charge in [-0.1, -0.05) is 45.1 Å². The highest BCUT2D eigenvalue weighted by Gasteiger charge is 2.42. The van der Waals surface area contributed by atoms with Crippen molar-refractivity contribution in [2.75, 3.05) is 18.9 Å². The first-order valence-corrected chi connectivity index (χ1v) is 13.0. The van der Waals surface area contributed by atoms with E-state index in [0.29, 0.717) is 18.7 Å². The number of hydrogen-bond acceptors (Lipinski definition) is 5. The van der Waals surface area contributed by atoms with E-state index in [2.05, 4.69) is 27.8 Å². The minimum atomic E-state index is -0.752. The van der Waals surface area contributed by atoms with Crippen LogP contribution in [0.5, 0.6) is 0 Å². The zero-order valence-corrected chi connectivity index (χ0v) is 22.6. The fourth-order valence-corrected chi connectivity index (χ4v) is 4.65. The number of likely N-dealkylation sites (tertiary alicyclic amines) is 1. The molecule has 1 aliphatic carbocycles. The van der Waals surface area contributed by atoms with Crippen LogP contribution < -0.4 is 21.3 Å². The van der Waals surface area contributed by atoms with E-state index in [-0.39, 0.29) is 36.1 Å². The lowest BCUT2D eigenvalue weighted by atomic mass is 9.80. The van der Waals surface area contributed by atoms with Crippen LogP contribution in [0.25, 0.3) is 0 Å². The number of nitrogens with zero attached hydrogens (tertiary/aromatic N) is 1. The third-order valence-electron chi connectivity index (χ3n) is 7.17. The average molecular weight is 512 g/mol. The number of anilines is 1. The highest BCUT2D eigenvalue weighted by molar-refractivity contribution is 5.94. The van der Waals surface area contributed by atoms with Crippen molar-refractivity contribution in [2.45, 2.75) is 78.0 Å². The molecule has 4 N–H and O–H groups in total. The van der Waals surface area contributed by atoms with Crippen LogP contribution >= 0.6 is 0 Å². The van der Waals surface area contributed by atoms with E-state index in [1.165, 1.54) is 0 Å². The van der Waals surface area contributed by atoms with Crippen molar-refractivity contribution in [3.63, 3.8) is 0 Å². The van der Waals surface area contributed by atoms with Gasteiger partial charge in [0.2, 0.25) is 23.6 Å². The maximum Gasteiger partial charge on any atom is 0.246 e.